The van der Waals surface area contributed by atoms with Gasteiger partial charge in [0.05, 0.1) is 11.9 Å². The number of imidazole rings is 1. The maximum atomic E-state index is 12.9. The number of nitrogens with one attached hydrogen (secondary N) is 1. The Labute approximate surface area is 87.1 Å². The predicted molar refractivity (Wildman–Crippen MR) is 51.6 cm³/mol. The van der Waals surface area contributed by atoms with Gasteiger partial charge in [0.1, 0.15) is 0 Å². The van der Waals surface area contributed by atoms with Crippen LogP contribution in [0.5, 0.6) is 0 Å². The SMILES string of the molecule is Fc1ccc(-c2cnc(Br)[nH]2)cc1F. The molecule has 0 aliphatic heterocycles. The van der Waals surface area contributed by atoms with Gasteiger partial charge in [-0.2, -0.15) is 0 Å². The molecule has 2 nitrogen and oxygen atoms in total. The van der Waals surface area contributed by atoms with Crippen LogP contribution in [-0.2, 0) is 0 Å². The van der Waals surface area contributed by atoms with Gasteiger partial charge in [-0.1, -0.05) is 0 Å². The van der Waals surface area contributed by atoms with Gasteiger partial charge in [-0.15, -0.1) is 0 Å². The normalized spacial score (nSPS) is 10.5. The number of aromatic amines is 1. The number of hydrogen-bond donors (Lipinski definition) is 1. The Morgan fingerprint density at radius 3 is 2.57 bits per heavy atom. The molecular formula is C9H5BrF2N2. The fraction of sp³-hybridized carbons (Fsp3) is 0. The van der Waals surface area contributed by atoms with Crippen molar-refractivity contribution < 1.29 is 8.78 Å². The zero-order valence-corrected chi connectivity index (χ0v) is 8.48. The van der Waals surface area contributed by atoms with Crippen molar-refractivity contribution in [1.29, 1.82) is 0 Å². The highest BCUT2D eigenvalue weighted by Gasteiger charge is 2.05. The highest BCUT2D eigenvalue weighted by atomic mass is 79.9. The summed E-state index contributed by atoms with van der Waals surface area (Å²) in [5, 5.41) is 0. The molecule has 0 aliphatic rings. The molecular weight excluding hydrogens is 254 g/mol. The molecule has 1 aromatic carbocycles. The highest BCUT2D eigenvalue weighted by Crippen LogP contribution is 2.20. The lowest BCUT2D eigenvalue weighted by molar-refractivity contribution is 0.509. The third kappa shape index (κ3) is 1.68. The number of H-pyrrole nitrogens is 1. The number of halogens is 3. The highest BCUT2D eigenvalue weighted by molar-refractivity contribution is 9.10. The summed E-state index contributed by atoms with van der Waals surface area (Å²) in [6.45, 7) is 0. The smallest absolute Gasteiger partial charge is 0.174 e. The minimum atomic E-state index is -0.867. The Balaban J connectivity index is 2.47. The molecule has 0 fully saturated rings. The Morgan fingerprint density at radius 2 is 2.00 bits per heavy atom. The van der Waals surface area contributed by atoms with Crippen LogP contribution in [0, 0.1) is 11.6 Å². The van der Waals surface area contributed by atoms with E-state index in [-0.39, 0.29) is 0 Å². The average molecular weight is 259 g/mol. The summed E-state index contributed by atoms with van der Waals surface area (Å²) in [7, 11) is 0. The molecule has 0 aliphatic carbocycles. The van der Waals surface area contributed by atoms with Crippen molar-refractivity contribution in [1.82, 2.24) is 9.97 Å². The lowest BCUT2D eigenvalue weighted by Gasteiger charge is -1.97. The summed E-state index contributed by atoms with van der Waals surface area (Å²) in [6.07, 6.45) is 1.54. The van der Waals surface area contributed by atoms with Crippen molar-refractivity contribution in [3.8, 4) is 11.3 Å². The molecule has 5 heteroatoms. The number of benzene rings is 1. The first-order chi connectivity index (χ1) is 6.66. The largest absolute Gasteiger partial charge is 0.333 e. The molecule has 0 saturated carbocycles. The summed E-state index contributed by atoms with van der Waals surface area (Å²) < 4.78 is 26.0. The van der Waals surface area contributed by atoms with Crippen LogP contribution in [0.2, 0.25) is 0 Å². The van der Waals surface area contributed by atoms with Crippen molar-refractivity contribution >= 4 is 15.9 Å². The first kappa shape index (κ1) is 9.33. The van der Waals surface area contributed by atoms with E-state index >= 15 is 0 Å². The third-order valence-corrected chi connectivity index (χ3v) is 2.18. The second-order valence-corrected chi connectivity index (χ2v) is 3.47. The maximum Gasteiger partial charge on any atom is 0.174 e. The van der Waals surface area contributed by atoms with Gasteiger partial charge in [0.25, 0.3) is 0 Å². The van der Waals surface area contributed by atoms with E-state index in [0.717, 1.165) is 12.1 Å². The molecule has 0 unspecified atom stereocenters. The molecule has 2 aromatic rings. The molecule has 0 amide bonds. The van der Waals surface area contributed by atoms with Gasteiger partial charge in [-0.3, -0.25) is 0 Å². The lowest BCUT2D eigenvalue weighted by Crippen LogP contribution is -1.85. The summed E-state index contributed by atoms with van der Waals surface area (Å²) in [5.74, 6) is -1.72. The number of nitrogens with zero attached hydrogens (tertiary/aromatic N) is 1. The second-order valence-electron chi connectivity index (χ2n) is 2.72. The third-order valence-electron chi connectivity index (χ3n) is 1.78. The first-order valence-electron chi connectivity index (χ1n) is 3.83. The van der Waals surface area contributed by atoms with E-state index in [4.69, 9.17) is 0 Å². The first-order valence-corrected chi connectivity index (χ1v) is 4.62. The van der Waals surface area contributed by atoms with E-state index in [2.05, 4.69) is 25.9 Å². The zero-order valence-electron chi connectivity index (χ0n) is 6.89. The number of aromatic nitrogens is 2. The van der Waals surface area contributed by atoms with Gasteiger partial charge in [-0.25, -0.2) is 13.8 Å². The van der Waals surface area contributed by atoms with E-state index in [1.54, 1.807) is 0 Å². The van der Waals surface area contributed by atoms with Crippen LogP contribution in [0.1, 0.15) is 0 Å². The van der Waals surface area contributed by atoms with Gasteiger partial charge in [0.15, 0.2) is 16.4 Å². The van der Waals surface area contributed by atoms with Crippen LogP contribution >= 0.6 is 15.9 Å². The molecule has 1 aromatic heterocycles. The molecule has 2 rings (SSSR count). The van der Waals surface area contributed by atoms with E-state index in [0.29, 0.717) is 16.0 Å². The van der Waals surface area contributed by atoms with Crippen molar-refractivity contribution in [2.24, 2.45) is 0 Å². The molecule has 1 N–H and O–H groups in total. The average Bonchev–Trinajstić information content (AvgIpc) is 2.57. The quantitative estimate of drug-likeness (QED) is 0.837. The number of hydrogen-bond acceptors (Lipinski definition) is 1. The van der Waals surface area contributed by atoms with Crippen molar-refractivity contribution in [2.75, 3.05) is 0 Å². The van der Waals surface area contributed by atoms with Crippen LogP contribution < -0.4 is 0 Å². The zero-order chi connectivity index (χ0) is 10.1. The van der Waals surface area contributed by atoms with Gasteiger partial charge in [0, 0.05) is 5.56 Å². The molecule has 0 radical (unpaired) electrons. The van der Waals surface area contributed by atoms with E-state index < -0.39 is 11.6 Å². The predicted octanol–water partition coefficient (Wildman–Crippen LogP) is 3.12. The molecule has 14 heavy (non-hydrogen) atoms. The van der Waals surface area contributed by atoms with Gasteiger partial charge < -0.3 is 4.98 Å². The topological polar surface area (TPSA) is 28.7 Å². The van der Waals surface area contributed by atoms with E-state index in [1.165, 1.54) is 12.3 Å². The summed E-state index contributed by atoms with van der Waals surface area (Å²) in [6, 6.07) is 3.69. The van der Waals surface area contributed by atoms with Crippen LogP contribution in [0.3, 0.4) is 0 Å². The van der Waals surface area contributed by atoms with Gasteiger partial charge in [-0.05, 0) is 34.1 Å². The molecule has 1 heterocycles. The Hall–Kier alpha value is -1.23. The van der Waals surface area contributed by atoms with Crippen LogP contribution in [0.25, 0.3) is 11.3 Å². The Kier molecular flexibility index (Phi) is 2.33. The van der Waals surface area contributed by atoms with E-state index in [9.17, 15) is 8.78 Å². The minimum absolute atomic E-state index is 0.553. The fourth-order valence-corrected chi connectivity index (χ4v) is 1.42. The summed E-state index contributed by atoms with van der Waals surface area (Å²) >= 11 is 3.13. The van der Waals surface area contributed by atoms with Crippen LogP contribution in [0.15, 0.2) is 29.1 Å². The standard InChI is InChI=1S/C9H5BrF2N2/c10-9-13-4-8(14-9)5-1-2-6(11)7(12)3-5/h1-4H,(H,13,14). The van der Waals surface area contributed by atoms with E-state index in [1.807, 2.05) is 0 Å². The minimum Gasteiger partial charge on any atom is -0.333 e. The van der Waals surface area contributed by atoms with Crippen molar-refractivity contribution in [2.45, 2.75) is 0 Å². The second kappa shape index (κ2) is 3.49. The molecule has 0 atom stereocenters. The molecule has 0 saturated heterocycles. The van der Waals surface area contributed by atoms with Gasteiger partial charge in [0.2, 0.25) is 0 Å². The van der Waals surface area contributed by atoms with Crippen LogP contribution in [0.4, 0.5) is 8.78 Å². The fourth-order valence-electron chi connectivity index (χ4n) is 1.11. The lowest BCUT2D eigenvalue weighted by atomic mass is 10.1. The van der Waals surface area contributed by atoms with Crippen LogP contribution in [-0.4, -0.2) is 9.97 Å². The van der Waals surface area contributed by atoms with Gasteiger partial charge >= 0.3 is 0 Å². The Bertz CT molecular complexity index is 468. The Morgan fingerprint density at radius 1 is 1.21 bits per heavy atom. The molecule has 0 spiro atoms. The number of rotatable bonds is 1. The molecule has 72 valence electrons. The molecule has 0 bridgehead atoms. The summed E-state index contributed by atoms with van der Waals surface area (Å²) in [4.78, 5) is 6.75. The summed E-state index contributed by atoms with van der Waals surface area (Å²) in [5.41, 5.74) is 1.19. The van der Waals surface area contributed by atoms with Crippen molar-refractivity contribution in [3.05, 3.63) is 40.8 Å². The van der Waals surface area contributed by atoms with Crippen molar-refractivity contribution in [3.63, 3.8) is 0 Å². The maximum absolute atomic E-state index is 12.9. The monoisotopic (exact) mass is 258 g/mol.